The number of carbonyl (C=O) groups excluding carboxylic acids is 2. The number of carbonyl (C=O) groups is 2. The standard InChI is InChI=1S/C25H36FN5O3/c1-6-30-11-12-31(16(3)14-30)21-15(2)13-18-20(19(21)26)29-23(28-18)22(32)25(4)9-7-17(8-10-25)27-24(33)34-5/h13,16-17H,6-12,14H2,1-5H3,(H,27,33)(H,28,29). The first kappa shape index (κ1) is 24.4. The van der Waals surface area contributed by atoms with Gasteiger partial charge in [0.15, 0.2) is 11.6 Å². The van der Waals surface area contributed by atoms with Gasteiger partial charge < -0.3 is 19.9 Å². The molecule has 8 nitrogen and oxygen atoms in total. The van der Waals surface area contributed by atoms with E-state index in [1.807, 2.05) is 19.9 Å². The van der Waals surface area contributed by atoms with Crippen LogP contribution in [-0.2, 0) is 4.74 Å². The highest BCUT2D eigenvalue weighted by Gasteiger charge is 2.40. The summed E-state index contributed by atoms with van der Waals surface area (Å²) >= 11 is 0. The van der Waals surface area contributed by atoms with Crippen LogP contribution < -0.4 is 10.2 Å². The second-order valence-electron chi connectivity index (χ2n) is 10.1. The van der Waals surface area contributed by atoms with E-state index in [-0.39, 0.29) is 35.0 Å². The van der Waals surface area contributed by atoms with Gasteiger partial charge in [-0.05, 0) is 57.7 Å². The number of aromatic nitrogens is 2. The number of nitrogens with one attached hydrogen (secondary N) is 2. The molecule has 34 heavy (non-hydrogen) atoms. The number of amides is 1. The molecule has 0 radical (unpaired) electrons. The normalized spacial score (nSPS) is 26.0. The van der Waals surface area contributed by atoms with Crippen molar-refractivity contribution in [2.24, 2.45) is 5.41 Å². The number of fused-ring (bicyclic) bond motifs is 1. The second-order valence-corrected chi connectivity index (χ2v) is 10.1. The quantitative estimate of drug-likeness (QED) is 0.638. The van der Waals surface area contributed by atoms with Crippen LogP contribution in [-0.4, -0.2) is 72.1 Å². The molecule has 2 aliphatic rings. The van der Waals surface area contributed by atoms with Crippen molar-refractivity contribution >= 4 is 28.6 Å². The van der Waals surface area contributed by atoms with Gasteiger partial charge in [-0.2, -0.15) is 0 Å². The van der Waals surface area contributed by atoms with Gasteiger partial charge in [0.1, 0.15) is 5.52 Å². The second kappa shape index (κ2) is 9.52. The molecule has 1 atom stereocenters. The number of aromatic amines is 1. The summed E-state index contributed by atoms with van der Waals surface area (Å²) in [5, 5.41) is 2.81. The maximum Gasteiger partial charge on any atom is 0.407 e. The van der Waals surface area contributed by atoms with E-state index in [1.54, 1.807) is 0 Å². The van der Waals surface area contributed by atoms with Crippen molar-refractivity contribution in [3.63, 3.8) is 0 Å². The van der Waals surface area contributed by atoms with Crippen LogP contribution in [0.4, 0.5) is 14.9 Å². The molecule has 2 heterocycles. The van der Waals surface area contributed by atoms with Crippen molar-refractivity contribution in [2.45, 2.75) is 65.5 Å². The van der Waals surface area contributed by atoms with Gasteiger partial charge in [0, 0.05) is 37.1 Å². The van der Waals surface area contributed by atoms with Crippen molar-refractivity contribution < 1.29 is 18.7 Å². The molecular formula is C25H36FN5O3. The van der Waals surface area contributed by atoms with Crippen LogP contribution in [0.2, 0.25) is 0 Å². The number of aryl methyl sites for hydroxylation is 1. The van der Waals surface area contributed by atoms with E-state index < -0.39 is 11.5 Å². The fourth-order valence-electron chi connectivity index (χ4n) is 5.48. The number of piperazine rings is 1. The number of hydrogen-bond acceptors (Lipinski definition) is 6. The molecule has 1 unspecified atom stereocenters. The Bertz CT molecular complexity index is 1080. The molecule has 2 N–H and O–H groups in total. The molecule has 186 valence electrons. The SMILES string of the molecule is CCN1CCN(c2c(C)cc3[nH]c(C(=O)C4(C)CCC(NC(=O)OC)CC4)nc3c2F)C(C)C1. The third-order valence-electron chi connectivity index (χ3n) is 7.69. The largest absolute Gasteiger partial charge is 0.453 e. The Balaban J connectivity index is 1.56. The van der Waals surface area contributed by atoms with Crippen LogP contribution in [0.15, 0.2) is 6.07 Å². The van der Waals surface area contributed by atoms with Crippen molar-refractivity contribution in [3.8, 4) is 0 Å². The highest BCUT2D eigenvalue weighted by atomic mass is 19.1. The maximum absolute atomic E-state index is 15.8. The van der Waals surface area contributed by atoms with E-state index in [0.717, 1.165) is 31.7 Å². The number of nitrogens with zero attached hydrogens (tertiary/aromatic N) is 3. The molecule has 2 fully saturated rings. The van der Waals surface area contributed by atoms with E-state index in [9.17, 15) is 9.59 Å². The highest BCUT2D eigenvalue weighted by molar-refractivity contribution is 6.00. The smallest absolute Gasteiger partial charge is 0.407 e. The molecule has 9 heteroatoms. The Morgan fingerprint density at radius 1 is 1.32 bits per heavy atom. The molecule has 1 aromatic heterocycles. The Labute approximate surface area is 200 Å². The first-order valence-electron chi connectivity index (χ1n) is 12.2. The molecule has 1 saturated heterocycles. The van der Waals surface area contributed by atoms with Crippen molar-refractivity contribution in [1.82, 2.24) is 20.2 Å². The number of hydrogen-bond donors (Lipinski definition) is 2. The number of anilines is 1. The number of Topliss-reactive ketones (excluding diaryl/α,β-unsaturated/α-hetero) is 1. The summed E-state index contributed by atoms with van der Waals surface area (Å²) in [6, 6.07) is 2.07. The molecule has 2 aromatic rings. The average molecular weight is 474 g/mol. The minimum atomic E-state index is -0.610. The van der Waals surface area contributed by atoms with Crippen LogP contribution in [0, 0.1) is 18.2 Å². The van der Waals surface area contributed by atoms with E-state index in [1.165, 1.54) is 7.11 Å². The Kier molecular flexibility index (Phi) is 6.85. The number of ether oxygens (including phenoxy) is 1. The van der Waals surface area contributed by atoms with Gasteiger partial charge in [0.2, 0.25) is 5.78 Å². The number of H-pyrrole nitrogens is 1. The minimum Gasteiger partial charge on any atom is -0.453 e. The summed E-state index contributed by atoms with van der Waals surface area (Å²) in [4.78, 5) is 37.0. The number of alkyl carbamates (subject to hydrolysis) is 1. The topological polar surface area (TPSA) is 90.6 Å². The van der Waals surface area contributed by atoms with Crippen LogP contribution >= 0.6 is 0 Å². The zero-order chi connectivity index (χ0) is 24.6. The van der Waals surface area contributed by atoms with Gasteiger partial charge in [0.05, 0.1) is 18.3 Å². The molecule has 0 bridgehead atoms. The third-order valence-corrected chi connectivity index (χ3v) is 7.69. The summed E-state index contributed by atoms with van der Waals surface area (Å²) in [5.74, 6) is -0.266. The predicted octanol–water partition coefficient (Wildman–Crippen LogP) is 4.03. The number of imidazole rings is 1. The lowest BCUT2D eigenvalue weighted by atomic mass is 9.71. The molecule has 4 rings (SSSR count). The molecule has 0 spiro atoms. The molecule has 1 aromatic carbocycles. The molecular weight excluding hydrogens is 437 g/mol. The number of halogens is 1. The van der Waals surface area contributed by atoms with Gasteiger partial charge in [-0.1, -0.05) is 13.8 Å². The predicted molar refractivity (Wildman–Crippen MR) is 130 cm³/mol. The highest BCUT2D eigenvalue weighted by Crippen LogP contribution is 2.39. The fourth-order valence-corrected chi connectivity index (χ4v) is 5.48. The van der Waals surface area contributed by atoms with Crippen LogP contribution in [0.25, 0.3) is 11.0 Å². The lowest BCUT2D eigenvalue weighted by molar-refractivity contribution is 0.0715. The van der Waals surface area contributed by atoms with E-state index in [0.29, 0.717) is 36.9 Å². The zero-order valence-electron chi connectivity index (χ0n) is 20.8. The van der Waals surface area contributed by atoms with Gasteiger partial charge in [-0.15, -0.1) is 0 Å². The average Bonchev–Trinajstić information content (AvgIpc) is 3.25. The molecule has 1 amide bonds. The maximum atomic E-state index is 15.8. The number of rotatable bonds is 5. The Morgan fingerprint density at radius 2 is 2.03 bits per heavy atom. The van der Waals surface area contributed by atoms with Crippen LogP contribution in [0.5, 0.6) is 0 Å². The first-order valence-corrected chi connectivity index (χ1v) is 12.2. The summed E-state index contributed by atoms with van der Waals surface area (Å²) in [7, 11) is 1.34. The van der Waals surface area contributed by atoms with E-state index in [4.69, 9.17) is 0 Å². The van der Waals surface area contributed by atoms with Gasteiger partial charge in [-0.3, -0.25) is 9.69 Å². The lowest BCUT2D eigenvalue weighted by Crippen LogP contribution is -2.52. The fraction of sp³-hybridized carbons (Fsp3) is 0.640. The zero-order valence-corrected chi connectivity index (χ0v) is 20.8. The summed E-state index contributed by atoms with van der Waals surface area (Å²) in [6.45, 7) is 11.6. The van der Waals surface area contributed by atoms with Crippen molar-refractivity contribution in [2.75, 3.05) is 38.2 Å². The van der Waals surface area contributed by atoms with Crippen molar-refractivity contribution in [1.29, 1.82) is 0 Å². The van der Waals surface area contributed by atoms with Crippen molar-refractivity contribution in [3.05, 3.63) is 23.3 Å². The first-order chi connectivity index (χ1) is 16.2. The Morgan fingerprint density at radius 3 is 2.65 bits per heavy atom. The minimum absolute atomic E-state index is 0.0122. The number of likely N-dealkylation sites (N-methyl/N-ethyl adjacent to an activating group) is 1. The monoisotopic (exact) mass is 473 g/mol. The molecule has 1 aliphatic carbocycles. The molecule has 1 saturated carbocycles. The van der Waals surface area contributed by atoms with Crippen LogP contribution in [0.3, 0.4) is 0 Å². The van der Waals surface area contributed by atoms with Crippen LogP contribution in [0.1, 0.15) is 62.6 Å². The number of ketones is 1. The van der Waals surface area contributed by atoms with E-state index in [2.05, 4.69) is 43.7 Å². The van der Waals surface area contributed by atoms with Gasteiger partial charge >= 0.3 is 6.09 Å². The number of benzene rings is 1. The lowest BCUT2D eigenvalue weighted by Gasteiger charge is -2.41. The summed E-state index contributed by atoms with van der Waals surface area (Å²) < 4.78 is 20.5. The van der Waals surface area contributed by atoms with Gasteiger partial charge in [-0.25, -0.2) is 14.2 Å². The Hall–Kier alpha value is -2.68. The van der Waals surface area contributed by atoms with E-state index >= 15 is 4.39 Å². The molecule has 1 aliphatic heterocycles. The summed E-state index contributed by atoms with van der Waals surface area (Å²) in [5.41, 5.74) is 1.58. The summed E-state index contributed by atoms with van der Waals surface area (Å²) in [6.07, 6.45) is 2.13. The van der Waals surface area contributed by atoms with Gasteiger partial charge in [0.25, 0.3) is 0 Å². The number of methoxy groups -OCH3 is 1. The third kappa shape index (κ3) is 4.50.